The van der Waals surface area contributed by atoms with E-state index < -0.39 is 0 Å². The van der Waals surface area contributed by atoms with Crippen LogP contribution in [0, 0.1) is 12.7 Å². The zero-order valence-electron chi connectivity index (χ0n) is 10.2. The highest BCUT2D eigenvalue weighted by Crippen LogP contribution is 2.20. The first-order valence-electron chi connectivity index (χ1n) is 5.73. The molecular weight excluding hydrogens is 231 g/mol. The fourth-order valence-electron chi connectivity index (χ4n) is 1.67. The van der Waals surface area contributed by atoms with Crippen LogP contribution < -0.4 is 10.5 Å². The van der Waals surface area contributed by atoms with Crippen LogP contribution in [-0.4, -0.2) is 4.98 Å². The summed E-state index contributed by atoms with van der Waals surface area (Å²) in [6, 6.07) is 8.77. The topological polar surface area (TPSA) is 48.1 Å². The Balaban J connectivity index is 2.14. The largest absolute Gasteiger partial charge is 0.484 e. The molecule has 0 amide bonds. The molecular formula is C14H15FN2O. The van der Waals surface area contributed by atoms with Crippen molar-refractivity contribution in [1.29, 1.82) is 0 Å². The van der Waals surface area contributed by atoms with E-state index in [4.69, 9.17) is 10.5 Å². The first-order chi connectivity index (χ1) is 8.72. The molecule has 4 heteroatoms. The van der Waals surface area contributed by atoms with Gasteiger partial charge in [0.05, 0.1) is 5.69 Å². The van der Waals surface area contributed by atoms with Gasteiger partial charge in [0.15, 0.2) is 11.6 Å². The number of aromatic nitrogens is 1. The monoisotopic (exact) mass is 246 g/mol. The van der Waals surface area contributed by atoms with Gasteiger partial charge < -0.3 is 10.5 Å². The summed E-state index contributed by atoms with van der Waals surface area (Å²) in [6.07, 6.45) is 1.67. The molecule has 0 aliphatic heterocycles. The van der Waals surface area contributed by atoms with Gasteiger partial charge in [0, 0.05) is 12.7 Å². The molecule has 0 aliphatic rings. The number of pyridine rings is 1. The molecule has 0 spiro atoms. The van der Waals surface area contributed by atoms with E-state index in [0.29, 0.717) is 12.1 Å². The molecule has 1 aromatic heterocycles. The Kier molecular flexibility index (Phi) is 3.89. The highest BCUT2D eigenvalue weighted by molar-refractivity contribution is 5.30. The van der Waals surface area contributed by atoms with Crippen molar-refractivity contribution in [3.8, 4) is 5.75 Å². The molecule has 0 saturated carbocycles. The summed E-state index contributed by atoms with van der Waals surface area (Å²) < 4.78 is 19.2. The Morgan fingerprint density at radius 2 is 2.11 bits per heavy atom. The van der Waals surface area contributed by atoms with Gasteiger partial charge in [-0.3, -0.25) is 4.98 Å². The van der Waals surface area contributed by atoms with Crippen LogP contribution in [0.5, 0.6) is 5.75 Å². The van der Waals surface area contributed by atoms with Crippen LogP contribution >= 0.6 is 0 Å². The third-order valence-electron chi connectivity index (χ3n) is 2.73. The minimum atomic E-state index is -0.331. The SMILES string of the molecule is Cc1cccc(OCc2ncccc2CN)c1F. The maximum Gasteiger partial charge on any atom is 0.167 e. The zero-order valence-corrected chi connectivity index (χ0v) is 10.2. The molecule has 1 heterocycles. The van der Waals surface area contributed by atoms with Crippen molar-refractivity contribution >= 4 is 0 Å². The third kappa shape index (κ3) is 2.65. The minimum absolute atomic E-state index is 0.216. The fourth-order valence-corrected chi connectivity index (χ4v) is 1.67. The molecule has 0 bridgehead atoms. The molecule has 94 valence electrons. The number of hydrogen-bond donors (Lipinski definition) is 1. The standard InChI is InChI=1S/C14H15FN2O/c1-10-4-2-6-13(14(10)15)18-9-12-11(8-16)5-3-7-17-12/h2-7H,8-9,16H2,1H3. The lowest BCUT2D eigenvalue weighted by atomic mass is 10.2. The van der Waals surface area contributed by atoms with Crippen molar-refractivity contribution in [3.05, 3.63) is 59.2 Å². The Hall–Kier alpha value is -1.94. The quantitative estimate of drug-likeness (QED) is 0.902. The smallest absolute Gasteiger partial charge is 0.167 e. The number of hydrogen-bond acceptors (Lipinski definition) is 3. The van der Waals surface area contributed by atoms with Crippen LogP contribution in [0.15, 0.2) is 36.5 Å². The second kappa shape index (κ2) is 5.60. The average Bonchev–Trinajstić information content (AvgIpc) is 2.41. The molecule has 2 aromatic rings. The number of nitrogens with zero attached hydrogens (tertiary/aromatic N) is 1. The van der Waals surface area contributed by atoms with Gasteiger partial charge >= 0.3 is 0 Å². The lowest BCUT2D eigenvalue weighted by Crippen LogP contribution is -2.07. The van der Waals surface area contributed by atoms with Crippen LogP contribution in [0.3, 0.4) is 0 Å². The van der Waals surface area contributed by atoms with Crippen LogP contribution in [0.2, 0.25) is 0 Å². The number of ether oxygens (including phenoxy) is 1. The summed E-state index contributed by atoms with van der Waals surface area (Å²) in [5, 5.41) is 0. The Labute approximate surface area is 105 Å². The summed E-state index contributed by atoms with van der Waals surface area (Å²) >= 11 is 0. The molecule has 18 heavy (non-hydrogen) atoms. The van der Waals surface area contributed by atoms with Crippen molar-refractivity contribution in [2.24, 2.45) is 5.73 Å². The van der Waals surface area contributed by atoms with Gasteiger partial charge in [-0.1, -0.05) is 18.2 Å². The Bertz CT molecular complexity index is 543. The van der Waals surface area contributed by atoms with E-state index in [0.717, 1.165) is 11.3 Å². The number of rotatable bonds is 4. The van der Waals surface area contributed by atoms with E-state index in [1.54, 1.807) is 31.3 Å². The Morgan fingerprint density at radius 3 is 2.89 bits per heavy atom. The summed E-state index contributed by atoms with van der Waals surface area (Å²) in [5.74, 6) is -0.0913. The van der Waals surface area contributed by atoms with E-state index in [1.165, 1.54) is 0 Å². The minimum Gasteiger partial charge on any atom is -0.484 e. The molecule has 2 N–H and O–H groups in total. The summed E-state index contributed by atoms with van der Waals surface area (Å²) in [7, 11) is 0. The van der Waals surface area contributed by atoms with Crippen LogP contribution in [-0.2, 0) is 13.2 Å². The predicted molar refractivity (Wildman–Crippen MR) is 67.6 cm³/mol. The number of benzene rings is 1. The van der Waals surface area contributed by atoms with Gasteiger partial charge in [-0.05, 0) is 30.2 Å². The van der Waals surface area contributed by atoms with Crippen molar-refractivity contribution in [1.82, 2.24) is 4.98 Å². The van der Waals surface area contributed by atoms with Crippen molar-refractivity contribution in [3.63, 3.8) is 0 Å². The van der Waals surface area contributed by atoms with E-state index >= 15 is 0 Å². The molecule has 0 atom stereocenters. The molecule has 0 aliphatic carbocycles. The van der Waals surface area contributed by atoms with Crippen LogP contribution in [0.25, 0.3) is 0 Å². The van der Waals surface area contributed by atoms with E-state index in [-0.39, 0.29) is 18.2 Å². The van der Waals surface area contributed by atoms with Gasteiger partial charge in [-0.25, -0.2) is 4.39 Å². The Morgan fingerprint density at radius 1 is 1.28 bits per heavy atom. The lowest BCUT2D eigenvalue weighted by Gasteiger charge is -2.10. The van der Waals surface area contributed by atoms with Gasteiger partial charge in [0.25, 0.3) is 0 Å². The van der Waals surface area contributed by atoms with Crippen LogP contribution in [0.1, 0.15) is 16.8 Å². The van der Waals surface area contributed by atoms with Gasteiger partial charge in [-0.15, -0.1) is 0 Å². The number of halogens is 1. The molecule has 2 rings (SSSR count). The van der Waals surface area contributed by atoms with E-state index in [1.807, 2.05) is 12.1 Å². The second-order valence-electron chi connectivity index (χ2n) is 3.99. The fraction of sp³-hybridized carbons (Fsp3) is 0.214. The van der Waals surface area contributed by atoms with Gasteiger partial charge in [-0.2, -0.15) is 0 Å². The van der Waals surface area contributed by atoms with E-state index in [9.17, 15) is 4.39 Å². The highest BCUT2D eigenvalue weighted by atomic mass is 19.1. The number of aryl methyl sites for hydroxylation is 1. The van der Waals surface area contributed by atoms with Gasteiger partial charge in [0.1, 0.15) is 6.61 Å². The third-order valence-corrected chi connectivity index (χ3v) is 2.73. The molecule has 0 unspecified atom stereocenters. The predicted octanol–water partition coefficient (Wildman–Crippen LogP) is 2.57. The maximum absolute atomic E-state index is 13.7. The summed E-state index contributed by atoms with van der Waals surface area (Å²) in [5.41, 5.74) is 7.81. The zero-order chi connectivity index (χ0) is 13.0. The second-order valence-corrected chi connectivity index (χ2v) is 3.99. The molecule has 0 fully saturated rings. The van der Waals surface area contributed by atoms with Crippen molar-refractivity contribution < 1.29 is 9.13 Å². The summed E-state index contributed by atoms with van der Waals surface area (Å²) in [4.78, 5) is 4.19. The molecule has 0 saturated heterocycles. The highest BCUT2D eigenvalue weighted by Gasteiger charge is 2.08. The lowest BCUT2D eigenvalue weighted by molar-refractivity contribution is 0.284. The van der Waals surface area contributed by atoms with Crippen LogP contribution in [0.4, 0.5) is 4.39 Å². The average molecular weight is 246 g/mol. The maximum atomic E-state index is 13.7. The molecule has 1 aromatic carbocycles. The summed E-state index contributed by atoms with van der Waals surface area (Å²) in [6.45, 7) is 2.31. The first-order valence-corrected chi connectivity index (χ1v) is 5.73. The van der Waals surface area contributed by atoms with Crippen molar-refractivity contribution in [2.75, 3.05) is 0 Å². The van der Waals surface area contributed by atoms with Crippen molar-refractivity contribution in [2.45, 2.75) is 20.1 Å². The number of nitrogens with two attached hydrogens (primary N) is 1. The molecule has 3 nitrogen and oxygen atoms in total. The van der Waals surface area contributed by atoms with E-state index in [2.05, 4.69) is 4.98 Å². The molecule has 0 radical (unpaired) electrons. The van der Waals surface area contributed by atoms with Gasteiger partial charge in [0.2, 0.25) is 0 Å². The normalized spacial score (nSPS) is 10.4. The first kappa shape index (κ1) is 12.5.